The molecular weight excluding hydrogens is 416 g/mol. The summed E-state index contributed by atoms with van der Waals surface area (Å²) in [4.78, 5) is 2.36. The van der Waals surface area contributed by atoms with E-state index in [2.05, 4.69) is 47.7 Å². The van der Waals surface area contributed by atoms with Gasteiger partial charge < -0.3 is 31.7 Å². The maximum Gasteiger partial charge on any atom is 0.231 e. The van der Waals surface area contributed by atoms with Crippen molar-refractivity contribution in [1.82, 2.24) is 4.90 Å². The third-order valence-corrected chi connectivity index (χ3v) is 6.31. The zero-order chi connectivity index (χ0) is 20.8. The lowest BCUT2D eigenvalue weighted by atomic mass is 9.94. The van der Waals surface area contributed by atoms with Crippen LogP contribution in [0.15, 0.2) is 30.5 Å². The number of aromatic nitrogens is 1. The predicted octanol–water partition coefficient (Wildman–Crippen LogP) is 0.639. The molecule has 3 aromatic rings. The molecule has 3 heterocycles. The summed E-state index contributed by atoms with van der Waals surface area (Å²) in [6.07, 6.45) is 2.97. The second kappa shape index (κ2) is 8.44. The predicted molar refractivity (Wildman–Crippen MR) is 114 cm³/mol. The number of aromatic hydroxyl groups is 1. The van der Waals surface area contributed by atoms with E-state index in [1.807, 2.05) is 6.07 Å². The summed E-state index contributed by atoms with van der Waals surface area (Å²) in [5.41, 5.74) is 4.71. The smallest absolute Gasteiger partial charge is 0.231 e. The highest BCUT2D eigenvalue weighted by molar-refractivity contribution is 5.94. The minimum atomic E-state index is 0. The van der Waals surface area contributed by atoms with Crippen LogP contribution in [0.3, 0.4) is 0 Å². The van der Waals surface area contributed by atoms with Crippen molar-refractivity contribution in [3.63, 3.8) is 0 Å². The summed E-state index contributed by atoms with van der Waals surface area (Å²) in [7, 11) is 1.60. The lowest BCUT2D eigenvalue weighted by Gasteiger charge is -2.21. The van der Waals surface area contributed by atoms with Gasteiger partial charge in [-0.05, 0) is 42.4 Å². The van der Waals surface area contributed by atoms with Gasteiger partial charge in [0, 0.05) is 24.4 Å². The third kappa shape index (κ3) is 3.54. The molecule has 1 aromatic heterocycles. The molecule has 6 nitrogen and oxygen atoms in total. The number of halogens is 1. The zero-order valence-electron chi connectivity index (χ0n) is 18.1. The number of benzene rings is 2. The Kier molecular flexibility index (Phi) is 5.86. The van der Waals surface area contributed by atoms with Crippen molar-refractivity contribution in [2.45, 2.75) is 33.4 Å². The van der Waals surface area contributed by atoms with E-state index in [-0.39, 0.29) is 24.9 Å². The molecule has 0 radical (unpaired) electrons. The highest BCUT2D eigenvalue weighted by Crippen LogP contribution is 2.42. The maximum absolute atomic E-state index is 10.9. The Balaban J connectivity index is 0.00000231. The number of ether oxygens (including phenoxy) is 3. The molecule has 0 amide bonds. The normalized spacial score (nSPS) is 13.7. The Morgan fingerprint density at radius 1 is 1.06 bits per heavy atom. The molecule has 2 aliphatic rings. The van der Waals surface area contributed by atoms with Crippen LogP contribution in [0, 0.1) is 0 Å². The van der Waals surface area contributed by atoms with Crippen LogP contribution in [0.1, 0.15) is 25.0 Å². The molecule has 0 aliphatic carbocycles. The molecule has 0 saturated heterocycles. The van der Waals surface area contributed by atoms with Gasteiger partial charge in [-0.2, -0.15) is 4.57 Å². The largest absolute Gasteiger partial charge is 1.00 e. The summed E-state index contributed by atoms with van der Waals surface area (Å²) in [5.74, 6) is 2.34. The van der Waals surface area contributed by atoms with E-state index in [1.165, 1.54) is 5.56 Å². The van der Waals surface area contributed by atoms with Gasteiger partial charge in [0.2, 0.25) is 12.5 Å². The SMILES string of the molecule is CCN(CC)Cc1cc(OC)c(O)c2c[n+]3c(cc12)-c1cc2c(cc1CC3)OCO2.[Cl-]. The van der Waals surface area contributed by atoms with Gasteiger partial charge in [-0.25, -0.2) is 0 Å². The van der Waals surface area contributed by atoms with E-state index in [0.717, 1.165) is 71.7 Å². The molecule has 0 saturated carbocycles. The first-order valence-corrected chi connectivity index (χ1v) is 10.5. The highest BCUT2D eigenvalue weighted by Gasteiger charge is 2.29. The van der Waals surface area contributed by atoms with Crippen LogP contribution in [0.4, 0.5) is 0 Å². The summed E-state index contributed by atoms with van der Waals surface area (Å²) in [6.45, 7) is 8.19. The first kappa shape index (κ1) is 21.5. The second-order valence-corrected chi connectivity index (χ2v) is 7.84. The molecule has 0 fully saturated rings. The molecule has 1 N–H and O–H groups in total. The van der Waals surface area contributed by atoms with Gasteiger partial charge >= 0.3 is 0 Å². The summed E-state index contributed by atoms with van der Waals surface area (Å²) < 4.78 is 18.9. The van der Waals surface area contributed by atoms with Crippen molar-refractivity contribution >= 4 is 10.8 Å². The number of aryl methyl sites for hydroxylation is 2. The summed E-state index contributed by atoms with van der Waals surface area (Å²) in [5, 5.41) is 12.7. The van der Waals surface area contributed by atoms with Crippen molar-refractivity contribution in [2.75, 3.05) is 27.0 Å². The quantitative estimate of drug-likeness (QED) is 0.588. The van der Waals surface area contributed by atoms with Gasteiger partial charge in [-0.1, -0.05) is 13.8 Å². The Hall–Kier alpha value is -2.70. The van der Waals surface area contributed by atoms with E-state index in [4.69, 9.17) is 14.2 Å². The molecule has 0 unspecified atom stereocenters. The average molecular weight is 443 g/mol. The topological polar surface area (TPSA) is 55.0 Å². The van der Waals surface area contributed by atoms with Crippen LogP contribution < -0.4 is 31.2 Å². The highest BCUT2D eigenvalue weighted by atomic mass is 35.5. The average Bonchev–Trinajstić information content (AvgIpc) is 3.23. The number of fused-ring (bicyclic) bond motifs is 5. The fourth-order valence-electron chi connectivity index (χ4n) is 4.55. The van der Waals surface area contributed by atoms with Crippen LogP contribution in [0.25, 0.3) is 22.0 Å². The minimum Gasteiger partial charge on any atom is -1.00 e. The van der Waals surface area contributed by atoms with Gasteiger partial charge in [0.15, 0.2) is 35.7 Å². The van der Waals surface area contributed by atoms with Crippen LogP contribution in [0.5, 0.6) is 23.0 Å². The molecule has 31 heavy (non-hydrogen) atoms. The standard InChI is InChI=1S/C24H26N2O4.ClH/c1-4-25(5-2)12-16-9-23(28-3)24(27)19-13-26-7-6-15-8-21-22(30-14-29-21)11-18(15)20(26)10-17(16)19;/h8-11,13H,4-7,12,14H2,1-3H3;1H. The second-order valence-electron chi connectivity index (χ2n) is 7.84. The lowest BCUT2D eigenvalue weighted by molar-refractivity contribution is -0.686. The molecule has 5 rings (SSSR count). The van der Waals surface area contributed by atoms with Crippen molar-refractivity contribution in [1.29, 1.82) is 0 Å². The number of phenolic OH excluding ortho intramolecular Hbond substituents is 1. The Morgan fingerprint density at radius 2 is 1.81 bits per heavy atom. The maximum atomic E-state index is 10.9. The van der Waals surface area contributed by atoms with Crippen molar-refractivity contribution in [2.24, 2.45) is 0 Å². The van der Waals surface area contributed by atoms with E-state index in [0.29, 0.717) is 5.75 Å². The monoisotopic (exact) mass is 442 g/mol. The lowest BCUT2D eigenvalue weighted by Crippen LogP contribution is -3.00. The molecule has 0 spiro atoms. The molecule has 2 aromatic carbocycles. The van der Waals surface area contributed by atoms with Crippen LogP contribution in [-0.4, -0.2) is 37.0 Å². The number of rotatable bonds is 5. The molecule has 164 valence electrons. The van der Waals surface area contributed by atoms with Crippen LogP contribution in [-0.2, 0) is 19.5 Å². The number of hydrogen-bond acceptors (Lipinski definition) is 5. The fourth-order valence-corrected chi connectivity index (χ4v) is 4.55. The summed E-state index contributed by atoms with van der Waals surface area (Å²) in [6, 6.07) is 8.36. The van der Waals surface area contributed by atoms with Gasteiger partial charge in [-0.15, -0.1) is 0 Å². The minimum absolute atomic E-state index is 0. The first-order valence-electron chi connectivity index (χ1n) is 10.5. The molecule has 0 bridgehead atoms. The Labute approximate surface area is 188 Å². The Morgan fingerprint density at radius 3 is 2.52 bits per heavy atom. The number of pyridine rings is 1. The molecular formula is C24H27ClN2O4. The van der Waals surface area contributed by atoms with Crippen molar-refractivity contribution < 1.29 is 36.3 Å². The van der Waals surface area contributed by atoms with Gasteiger partial charge in [0.25, 0.3) is 0 Å². The fraction of sp³-hybridized carbons (Fsp3) is 0.375. The van der Waals surface area contributed by atoms with Gasteiger partial charge in [0.05, 0.1) is 18.1 Å². The zero-order valence-corrected chi connectivity index (χ0v) is 18.8. The van der Waals surface area contributed by atoms with E-state index in [1.54, 1.807) is 7.11 Å². The van der Waals surface area contributed by atoms with E-state index in [9.17, 15) is 5.11 Å². The van der Waals surface area contributed by atoms with Crippen molar-refractivity contribution in [3.8, 4) is 34.3 Å². The molecule has 7 heteroatoms. The van der Waals surface area contributed by atoms with E-state index >= 15 is 0 Å². The molecule has 0 atom stereocenters. The summed E-state index contributed by atoms with van der Waals surface area (Å²) >= 11 is 0. The van der Waals surface area contributed by atoms with Crippen LogP contribution in [0.2, 0.25) is 0 Å². The van der Waals surface area contributed by atoms with Gasteiger partial charge in [-0.3, -0.25) is 4.90 Å². The number of phenols is 1. The number of nitrogens with zero attached hydrogens (tertiary/aromatic N) is 2. The van der Waals surface area contributed by atoms with Crippen molar-refractivity contribution in [3.05, 3.63) is 41.6 Å². The number of hydrogen-bond donors (Lipinski definition) is 1. The molecule has 2 aliphatic heterocycles. The number of methoxy groups -OCH3 is 1. The van der Waals surface area contributed by atoms with Gasteiger partial charge in [0.1, 0.15) is 0 Å². The third-order valence-electron chi connectivity index (χ3n) is 6.31. The van der Waals surface area contributed by atoms with E-state index < -0.39 is 0 Å². The Bertz CT molecular complexity index is 1140. The van der Waals surface area contributed by atoms with Crippen LogP contribution >= 0.6 is 0 Å². The first-order chi connectivity index (χ1) is 14.6.